The number of carboxylic acid groups (broad SMARTS) is 1. The molecule has 14 heavy (non-hydrogen) atoms. The lowest BCUT2D eigenvalue weighted by Gasteiger charge is -2.24. The van der Waals surface area contributed by atoms with Crippen LogP contribution in [0.15, 0.2) is 0 Å². The monoisotopic (exact) mass is 199 g/mol. The quantitative estimate of drug-likeness (QED) is 0.673. The molecule has 1 saturated heterocycles. The van der Waals surface area contributed by atoms with Gasteiger partial charge in [0, 0.05) is 0 Å². The Morgan fingerprint density at radius 1 is 1.50 bits per heavy atom. The minimum Gasteiger partial charge on any atom is -0.450 e. The molecule has 2 aliphatic rings. The fraction of sp³-hybridized carbons (Fsp3) is 0.900. The van der Waals surface area contributed by atoms with Crippen molar-refractivity contribution in [3.05, 3.63) is 0 Å². The molecule has 1 aliphatic heterocycles. The molecule has 0 aromatic heterocycles. The van der Waals surface area contributed by atoms with E-state index in [9.17, 15) is 4.79 Å². The molecule has 0 spiro atoms. The molecule has 4 nitrogen and oxygen atoms in total. The maximum absolute atomic E-state index is 10.4. The van der Waals surface area contributed by atoms with Crippen molar-refractivity contribution < 1.29 is 14.6 Å². The predicted octanol–water partition coefficient (Wildman–Crippen LogP) is 1.32. The van der Waals surface area contributed by atoms with E-state index in [-0.39, 0.29) is 0 Å². The molecule has 1 unspecified atom stereocenters. The van der Waals surface area contributed by atoms with Gasteiger partial charge in [0.15, 0.2) is 0 Å². The molecule has 1 aliphatic carbocycles. The predicted molar refractivity (Wildman–Crippen MR) is 51.1 cm³/mol. The van der Waals surface area contributed by atoms with Crippen molar-refractivity contribution in [3.63, 3.8) is 0 Å². The van der Waals surface area contributed by atoms with Crippen LogP contribution in [-0.2, 0) is 4.74 Å². The van der Waals surface area contributed by atoms with E-state index in [0.717, 1.165) is 31.3 Å². The van der Waals surface area contributed by atoms with Gasteiger partial charge in [-0.05, 0) is 51.1 Å². The van der Waals surface area contributed by atoms with Gasteiger partial charge in [0.25, 0.3) is 0 Å². The van der Waals surface area contributed by atoms with Crippen molar-refractivity contribution in [1.82, 2.24) is 5.32 Å². The summed E-state index contributed by atoms with van der Waals surface area (Å²) in [7, 11) is 0. The van der Waals surface area contributed by atoms with Crippen molar-refractivity contribution in [1.29, 1.82) is 0 Å². The van der Waals surface area contributed by atoms with E-state index in [1.54, 1.807) is 0 Å². The van der Waals surface area contributed by atoms with Gasteiger partial charge in [-0.15, -0.1) is 0 Å². The van der Waals surface area contributed by atoms with E-state index in [0.29, 0.717) is 5.92 Å². The molecule has 0 aromatic rings. The molecule has 3 atom stereocenters. The van der Waals surface area contributed by atoms with Crippen molar-refractivity contribution in [3.8, 4) is 0 Å². The summed E-state index contributed by atoms with van der Waals surface area (Å²) in [5.41, 5.74) is -0.527. The zero-order valence-corrected chi connectivity index (χ0v) is 8.62. The molecular weight excluding hydrogens is 182 g/mol. The number of ether oxygens (including phenoxy) is 1. The summed E-state index contributed by atoms with van der Waals surface area (Å²) >= 11 is 0. The lowest BCUT2D eigenvalue weighted by Crippen LogP contribution is -2.29. The van der Waals surface area contributed by atoms with Crippen molar-refractivity contribution in [2.24, 2.45) is 17.8 Å². The Morgan fingerprint density at radius 3 is 2.57 bits per heavy atom. The fourth-order valence-corrected chi connectivity index (χ4v) is 2.69. The molecule has 1 heterocycles. The average molecular weight is 199 g/mol. The Hall–Kier alpha value is -0.770. The summed E-state index contributed by atoms with van der Waals surface area (Å²) in [6.45, 7) is 5.89. The smallest absolute Gasteiger partial charge is 0.450 e. The van der Waals surface area contributed by atoms with E-state index < -0.39 is 11.8 Å². The lowest BCUT2D eigenvalue weighted by molar-refractivity contribution is -0.00575. The van der Waals surface area contributed by atoms with E-state index >= 15 is 0 Å². The minimum atomic E-state index is -1.17. The Labute approximate surface area is 83.6 Å². The summed E-state index contributed by atoms with van der Waals surface area (Å²) < 4.78 is 4.85. The first-order valence-electron chi connectivity index (χ1n) is 5.12. The highest BCUT2D eigenvalue weighted by Crippen LogP contribution is 2.52. The van der Waals surface area contributed by atoms with Crippen molar-refractivity contribution in [2.75, 3.05) is 13.1 Å². The van der Waals surface area contributed by atoms with Crippen LogP contribution in [0.25, 0.3) is 0 Å². The SMILES string of the molecule is CC(C)(CC1[C@H]2CNC[C@@H]12)OC(=O)O. The Morgan fingerprint density at radius 2 is 2.07 bits per heavy atom. The lowest BCUT2D eigenvalue weighted by atomic mass is 9.99. The highest BCUT2D eigenvalue weighted by molar-refractivity contribution is 5.57. The van der Waals surface area contributed by atoms with Gasteiger partial charge in [-0.25, -0.2) is 4.79 Å². The van der Waals surface area contributed by atoms with Crippen LogP contribution in [0.4, 0.5) is 4.79 Å². The van der Waals surface area contributed by atoms with Gasteiger partial charge in [-0.1, -0.05) is 0 Å². The van der Waals surface area contributed by atoms with Gasteiger partial charge in [0.2, 0.25) is 0 Å². The highest BCUT2D eigenvalue weighted by Gasteiger charge is 2.54. The van der Waals surface area contributed by atoms with Crippen molar-refractivity contribution in [2.45, 2.75) is 25.9 Å². The second-order valence-electron chi connectivity index (χ2n) is 4.98. The van der Waals surface area contributed by atoms with Crippen LogP contribution in [0.3, 0.4) is 0 Å². The second-order valence-corrected chi connectivity index (χ2v) is 4.98. The maximum atomic E-state index is 10.4. The van der Waals surface area contributed by atoms with Gasteiger partial charge in [0.05, 0.1) is 0 Å². The normalized spacial score (nSPS) is 35.1. The van der Waals surface area contributed by atoms with Gasteiger partial charge in [-0.2, -0.15) is 0 Å². The first kappa shape index (κ1) is 9.77. The minimum absolute atomic E-state index is 0.527. The number of piperidine rings is 1. The summed E-state index contributed by atoms with van der Waals surface area (Å²) in [4.78, 5) is 10.4. The molecule has 4 heteroatoms. The Balaban J connectivity index is 1.82. The molecule has 0 amide bonds. The molecule has 2 fully saturated rings. The van der Waals surface area contributed by atoms with Gasteiger partial charge >= 0.3 is 6.16 Å². The molecule has 1 saturated carbocycles. The number of fused-ring (bicyclic) bond motifs is 1. The summed E-state index contributed by atoms with van der Waals surface area (Å²) in [6.07, 6.45) is -0.310. The average Bonchev–Trinajstić information content (AvgIpc) is 2.51. The largest absolute Gasteiger partial charge is 0.506 e. The zero-order chi connectivity index (χ0) is 10.3. The molecule has 0 radical (unpaired) electrons. The van der Waals surface area contributed by atoms with E-state index in [4.69, 9.17) is 9.84 Å². The van der Waals surface area contributed by atoms with E-state index in [2.05, 4.69) is 5.32 Å². The van der Waals surface area contributed by atoms with E-state index in [1.165, 1.54) is 0 Å². The van der Waals surface area contributed by atoms with Gasteiger partial charge in [0.1, 0.15) is 5.60 Å². The molecule has 2 rings (SSSR count). The zero-order valence-electron chi connectivity index (χ0n) is 8.62. The Bertz CT molecular complexity index is 242. The van der Waals surface area contributed by atoms with Crippen LogP contribution in [0, 0.1) is 17.8 Å². The van der Waals surface area contributed by atoms with Gasteiger partial charge < -0.3 is 15.2 Å². The third kappa shape index (κ3) is 1.85. The van der Waals surface area contributed by atoms with Gasteiger partial charge in [-0.3, -0.25) is 0 Å². The number of rotatable bonds is 3. The second kappa shape index (κ2) is 3.12. The molecule has 0 bridgehead atoms. The molecular formula is C10H17NO3. The van der Waals surface area contributed by atoms with Crippen LogP contribution >= 0.6 is 0 Å². The van der Waals surface area contributed by atoms with E-state index in [1.807, 2.05) is 13.8 Å². The van der Waals surface area contributed by atoms with Crippen LogP contribution < -0.4 is 5.32 Å². The summed E-state index contributed by atoms with van der Waals surface area (Å²) in [5, 5.41) is 11.9. The third-order valence-corrected chi connectivity index (χ3v) is 3.36. The van der Waals surface area contributed by atoms with Crippen LogP contribution in [0.2, 0.25) is 0 Å². The maximum Gasteiger partial charge on any atom is 0.506 e. The van der Waals surface area contributed by atoms with Crippen LogP contribution in [0.5, 0.6) is 0 Å². The number of carbonyl (C=O) groups is 1. The topological polar surface area (TPSA) is 58.6 Å². The summed E-state index contributed by atoms with van der Waals surface area (Å²) in [6, 6.07) is 0. The Kier molecular flexibility index (Phi) is 2.18. The standard InChI is InChI=1S/C10H17NO3/c1-10(2,14-9(12)13)3-6-7-4-11-5-8(6)7/h6-8,11H,3-5H2,1-2H3,(H,12,13)/t6?,7-,8+. The highest BCUT2D eigenvalue weighted by atomic mass is 16.7. The van der Waals surface area contributed by atoms with Crippen LogP contribution in [0.1, 0.15) is 20.3 Å². The number of nitrogens with one attached hydrogen (secondary N) is 1. The first-order valence-corrected chi connectivity index (χ1v) is 5.12. The van der Waals surface area contributed by atoms with Crippen LogP contribution in [-0.4, -0.2) is 30.0 Å². The van der Waals surface area contributed by atoms with Crippen molar-refractivity contribution >= 4 is 6.16 Å². The number of hydrogen-bond acceptors (Lipinski definition) is 3. The molecule has 0 aromatic carbocycles. The molecule has 80 valence electrons. The third-order valence-electron chi connectivity index (χ3n) is 3.36. The number of hydrogen-bond donors (Lipinski definition) is 2. The fourth-order valence-electron chi connectivity index (χ4n) is 2.69. The molecule has 2 N–H and O–H groups in total. The summed E-state index contributed by atoms with van der Waals surface area (Å²) in [5.74, 6) is 2.21. The first-order chi connectivity index (χ1) is 6.49.